The van der Waals surface area contributed by atoms with Crippen molar-refractivity contribution in [2.45, 2.75) is 32.6 Å². The molecule has 1 atom stereocenters. The van der Waals surface area contributed by atoms with Gasteiger partial charge >= 0.3 is 6.03 Å². The summed E-state index contributed by atoms with van der Waals surface area (Å²) in [4.78, 5) is 40.7. The molecule has 4 aromatic rings. The number of piperazine rings is 1. The zero-order chi connectivity index (χ0) is 30.6. The first-order valence-electron chi connectivity index (χ1n) is 15.0. The van der Waals surface area contributed by atoms with Gasteiger partial charge < -0.3 is 29.8 Å². The second-order valence-corrected chi connectivity index (χ2v) is 11.4. The highest BCUT2D eigenvalue weighted by Crippen LogP contribution is 2.31. The highest BCUT2D eigenvalue weighted by atomic mass is 19.1. The van der Waals surface area contributed by atoms with Crippen LogP contribution >= 0.6 is 0 Å². The highest BCUT2D eigenvalue weighted by molar-refractivity contribution is 6.03. The van der Waals surface area contributed by atoms with Crippen molar-refractivity contribution >= 4 is 35.1 Å². The number of nitrogens with one attached hydrogen (secondary N) is 2. The van der Waals surface area contributed by atoms with Gasteiger partial charge in [-0.05, 0) is 56.5 Å². The van der Waals surface area contributed by atoms with Crippen molar-refractivity contribution < 1.29 is 18.4 Å². The molecule has 2 aliphatic heterocycles. The Labute approximate surface area is 255 Å². The molecule has 2 aliphatic rings. The lowest BCUT2D eigenvalue weighted by Gasteiger charge is -2.35. The van der Waals surface area contributed by atoms with E-state index in [4.69, 9.17) is 4.42 Å². The molecule has 2 aromatic heterocycles. The van der Waals surface area contributed by atoms with Crippen molar-refractivity contribution in [3.05, 3.63) is 95.3 Å². The van der Waals surface area contributed by atoms with Crippen molar-refractivity contribution in [1.82, 2.24) is 14.9 Å². The number of piperidine rings is 1. The van der Waals surface area contributed by atoms with E-state index in [0.29, 0.717) is 49.5 Å². The summed E-state index contributed by atoms with van der Waals surface area (Å²) in [5.74, 6) is 0.466. The van der Waals surface area contributed by atoms with Crippen LogP contribution in [0.25, 0.3) is 0 Å². The molecule has 0 spiro atoms. The first-order chi connectivity index (χ1) is 21.3. The maximum atomic E-state index is 13.9. The van der Waals surface area contributed by atoms with Crippen LogP contribution < -0.4 is 20.4 Å². The zero-order valence-corrected chi connectivity index (χ0v) is 24.9. The van der Waals surface area contributed by atoms with Crippen LogP contribution in [0.1, 0.15) is 46.1 Å². The van der Waals surface area contributed by atoms with E-state index in [-0.39, 0.29) is 23.4 Å². The number of hydrogen-bond acceptors (Lipinski definition) is 7. The number of hydrogen-bond donors (Lipinski definition) is 2. The fourth-order valence-corrected chi connectivity index (χ4v) is 5.72. The minimum absolute atomic E-state index is 0.161. The summed E-state index contributed by atoms with van der Waals surface area (Å²) in [6.45, 7) is 7.58. The molecule has 1 unspecified atom stereocenters. The molecule has 228 valence electrons. The average Bonchev–Trinajstić information content (AvgIpc) is 3.45. The molecule has 0 bridgehead atoms. The lowest BCUT2D eigenvalue weighted by molar-refractivity contribution is 0.0996. The third-order valence-electron chi connectivity index (χ3n) is 8.24. The Kier molecular flexibility index (Phi) is 8.44. The molecule has 3 amide bonds. The van der Waals surface area contributed by atoms with Crippen LogP contribution in [-0.2, 0) is 0 Å². The molecule has 0 radical (unpaired) electrons. The molecular formula is C33H36FN7O3. The molecule has 10 nitrogen and oxygen atoms in total. The summed E-state index contributed by atoms with van der Waals surface area (Å²) in [5.41, 5.74) is 3.79. The Bertz CT molecular complexity index is 1620. The molecule has 2 saturated heterocycles. The van der Waals surface area contributed by atoms with Gasteiger partial charge in [0.2, 0.25) is 5.76 Å². The van der Waals surface area contributed by atoms with Crippen molar-refractivity contribution in [2.75, 3.05) is 59.7 Å². The number of para-hydroxylation sites is 1. The number of nitrogens with zero attached hydrogens (tertiary/aromatic N) is 5. The van der Waals surface area contributed by atoms with Gasteiger partial charge in [-0.3, -0.25) is 4.79 Å². The van der Waals surface area contributed by atoms with Gasteiger partial charge in [-0.2, -0.15) is 4.98 Å². The fraction of sp³-hybridized carbons (Fsp3) is 0.333. The number of carbonyl (C=O) groups is 2. The van der Waals surface area contributed by atoms with Crippen LogP contribution in [0.4, 0.5) is 32.4 Å². The zero-order valence-electron chi connectivity index (χ0n) is 24.9. The summed E-state index contributed by atoms with van der Waals surface area (Å²) in [7, 11) is 0. The summed E-state index contributed by atoms with van der Waals surface area (Å²) in [6.07, 6.45) is 3.74. The van der Waals surface area contributed by atoms with Gasteiger partial charge in [0.05, 0.1) is 23.3 Å². The predicted molar refractivity (Wildman–Crippen MR) is 168 cm³/mol. The van der Waals surface area contributed by atoms with E-state index in [1.54, 1.807) is 36.2 Å². The summed E-state index contributed by atoms with van der Waals surface area (Å²) >= 11 is 0. The Morgan fingerprint density at radius 3 is 2.41 bits per heavy atom. The summed E-state index contributed by atoms with van der Waals surface area (Å²) < 4.78 is 19.9. The number of pyridine rings is 1. The maximum Gasteiger partial charge on any atom is 0.322 e. The van der Waals surface area contributed by atoms with E-state index >= 15 is 0 Å². The van der Waals surface area contributed by atoms with Crippen molar-refractivity contribution in [3.63, 3.8) is 0 Å². The second-order valence-electron chi connectivity index (χ2n) is 11.4. The Morgan fingerprint density at radius 1 is 0.909 bits per heavy atom. The van der Waals surface area contributed by atoms with Crippen LogP contribution in [0.2, 0.25) is 0 Å². The Balaban J connectivity index is 1.02. The first-order valence-corrected chi connectivity index (χ1v) is 15.0. The number of rotatable bonds is 6. The summed E-state index contributed by atoms with van der Waals surface area (Å²) in [6, 6.07) is 18.5. The van der Waals surface area contributed by atoms with E-state index in [1.807, 2.05) is 6.07 Å². The Hall–Kier alpha value is -4.93. The standard InChI is InChI=1S/C33H36FN7O3/c1-22-9-11-24(12-10-22)25-6-5-15-41(21-25)33-36-23(2)30(44-33)31(42)37-26-13-14-29(35-20-26)39-16-18-40(19-17-39)32(43)38-28-8-4-3-7-27(28)34/h3-4,7-14,20,25H,5-6,15-19,21H2,1-2H3,(H,37,42)(H,38,43). The van der Waals surface area contributed by atoms with Gasteiger partial charge in [0, 0.05) is 45.2 Å². The number of amides is 3. The third kappa shape index (κ3) is 6.51. The molecule has 11 heteroatoms. The first kappa shape index (κ1) is 29.2. The quantitative estimate of drug-likeness (QED) is 0.289. The van der Waals surface area contributed by atoms with Crippen LogP contribution in [0.15, 0.2) is 71.3 Å². The summed E-state index contributed by atoms with van der Waals surface area (Å²) in [5, 5.41) is 5.50. The van der Waals surface area contributed by atoms with Gasteiger partial charge in [-0.25, -0.2) is 14.2 Å². The minimum Gasteiger partial charge on any atom is -0.418 e. The topological polar surface area (TPSA) is 107 Å². The fourth-order valence-electron chi connectivity index (χ4n) is 5.72. The molecule has 6 rings (SSSR count). The molecule has 0 saturated carbocycles. The smallest absolute Gasteiger partial charge is 0.322 e. The SMILES string of the molecule is Cc1ccc(C2CCCN(c3nc(C)c(C(=O)Nc4ccc(N5CCN(C(=O)Nc6ccccc6F)CC5)nc4)o3)C2)cc1. The average molecular weight is 598 g/mol. The van der Waals surface area contributed by atoms with Crippen LogP contribution in [0.5, 0.6) is 0 Å². The second kappa shape index (κ2) is 12.7. The molecule has 4 heterocycles. The van der Waals surface area contributed by atoms with Crippen molar-refractivity contribution in [2.24, 2.45) is 0 Å². The number of halogens is 1. The van der Waals surface area contributed by atoms with Crippen LogP contribution in [-0.4, -0.2) is 66.1 Å². The minimum atomic E-state index is -0.469. The van der Waals surface area contributed by atoms with Gasteiger partial charge in [-0.1, -0.05) is 42.0 Å². The number of benzene rings is 2. The number of anilines is 4. The van der Waals surface area contributed by atoms with E-state index < -0.39 is 5.82 Å². The maximum absolute atomic E-state index is 13.9. The predicted octanol–water partition coefficient (Wildman–Crippen LogP) is 5.82. The van der Waals surface area contributed by atoms with Crippen LogP contribution in [0, 0.1) is 19.7 Å². The molecule has 2 fully saturated rings. The number of oxazole rings is 1. The van der Waals surface area contributed by atoms with E-state index in [0.717, 1.165) is 31.7 Å². The third-order valence-corrected chi connectivity index (χ3v) is 8.24. The number of aromatic nitrogens is 2. The highest BCUT2D eigenvalue weighted by Gasteiger charge is 2.27. The number of carbonyl (C=O) groups excluding carboxylic acids is 2. The van der Waals surface area contributed by atoms with Crippen LogP contribution in [0.3, 0.4) is 0 Å². The molecule has 44 heavy (non-hydrogen) atoms. The van der Waals surface area contributed by atoms with Gasteiger partial charge in [0.15, 0.2) is 0 Å². The van der Waals surface area contributed by atoms with Crippen molar-refractivity contribution in [3.8, 4) is 0 Å². The molecule has 0 aliphatic carbocycles. The normalized spacial score (nSPS) is 17.0. The van der Waals surface area contributed by atoms with Gasteiger partial charge in [0.1, 0.15) is 11.6 Å². The molecule has 2 N–H and O–H groups in total. The van der Waals surface area contributed by atoms with E-state index in [1.165, 1.54) is 23.3 Å². The largest absolute Gasteiger partial charge is 0.418 e. The Morgan fingerprint density at radius 2 is 1.68 bits per heavy atom. The molecule has 2 aromatic carbocycles. The van der Waals surface area contributed by atoms with Gasteiger partial charge in [0.25, 0.3) is 11.9 Å². The van der Waals surface area contributed by atoms with E-state index in [2.05, 4.69) is 61.6 Å². The van der Waals surface area contributed by atoms with Crippen molar-refractivity contribution in [1.29, 1.82) is 0 Å². The van der Waals surface area contributed by atoms with E-state index in [9.17, 15) is 14.0 Å². The number of aryl methyl sites for hydroxylation is 2. The molecular weight excluding hydrogens is 561 g/mol. The number of urea groups is 1. The van der Waals surface area contributed by atoms with Gasteiger partial charge in [-0.15, -0.1) is 0 Å². The lowest BCUT2D eigenvalue weighted by atomic mass is 9.90. The lowest BCUT2D eigenvalue weighted by Crippen LogP contribution is -2.50. The monoisotopic (exact) mass is 597 g/mol.